The first-order chi connectivity index (χ1) is 7.56. The lowest BCUT2D eigenvalue weighted by Crippen LogP contribution is -2.48. The summed E-state index contributed by atoms with van der Waals surface area (Å²) in [6, 6.07) is 3.07. The molecule has 0 amide bonds. The molecule has 2 rings (SSSR count). The number of hydrogen-bond donors (Lipinski definition) is 0. The van der Waals surface area contributed by atoms with Crippen molar-refractivity contribution >= 4 is 0 Å². The third kappa shape index (κ3) is 2.40. The zero-order valence-corrected chi connectivity index (χ0v) is 10.9. The molecular weight excluding hydrogens is 196 g/mol. The number of rotatable bonds is 3. The van der Waals surface area contributed by atoms with Crippen LogP contribution < -0.4 is 0 Å². The van der Waals surface area contributed by atoms with E-state index in [-0.39, 0.29) is 0 Å². The van der Waals surface area contributed by atoms with Crippen LogP contribution in [0.4, 0.5) is 0 Å². The van der Waals surface area contributed by atoms with Crippen LogP contribution in [0.2, 0.25) is 0 Å². The third-order valence-corrected chi connectivity index (χ3v) is 4.67. The molecular formula is C14H24N2. The van der Waals surface area contributed by atoms with Gasteiger partial charge in [0.05, 0.1) is 6.07 Å². The average Bonchev–Trinajstić information content (AvgIpc) is 2.94. The summed E-state index contributed by atoms with van der Waals surface area (Å²) < 4.78 is 0. The van der Waals surface area contributed by atoms with Crippen LogP contribution in [0.1, 0.15) is 46.5 Å². The monoisotopic (exact) mass is 220 g/mol. The highest BCUT2D eigenvalue weighted by Gasteiger charge is 2.45. The SMILES string of the molecule is CC1CC(C)C(C)N(CC2(CC#N)CC2)C1. The van der Waals surface area contributed by atoms with Crippen molar-refractivity contribution in [1.29, 1.82) is 5.26 Å². The Morgan fingerprint density at radius 2 is 2.00 bits per heavy atom. The molecule has 2 nitrogen and oxygen atoms in total. The molecule has 2 aliphatic rings. The summed E-state index contributed by atoms with van der Waals surface area (Å²) in [5, 5.41) is 8.87. The zero-order chi connectivity index (χ0) is 11.8. The summed E-state index contributed by atoms with van der Waals surface area (Å²) in [6.07, 6.45) is 4.67. The minimum absolute atomic E-state index is 0.375. The molecule has 1 saturated heterocycles. The summed E-state index contributed by atoms with van der Waals surface area (Å²) in [5.41, 5.74) is 0.375. The van der Waals surface area contributed by atoms with Gasteiger partial charge in [-0.1, -0.05) is 13.8 Å². The molecule has 90 valence electrons. The molecule has 16 heavy (non-hydrogen) atoms. The summed E-state index contributed by atoms with van der Waals surface area (Å²) in [5.74, 6) is 1.63. The summed E-state index contributed by atoms with van der Waals surface area (Å²) >= 11 is 0. The van der Waals surface area contributed by atoms with E-state index in [0.29, 0.717) is 11.5 Å². The van der Waals surface area contributed by atoms with Crippen molar-refractivity contribution in [3.8, 4) is 6.07 Å². The second-order valence-electron chi connectivity index (χ2n) is 6.32. The van der Waals surface area contributed by atoms with E-state index < -0.39 is 0 Å². The van der Waals surface area contributed by atoms with E-state index in [1.54, 1.807) is 0 Å². The van der Waals surface area contributed by atoms with Gasteiger partial charge in [0.25, 0.3) is 0 Å². The van der Waals surface area contributed by atoms with Crippen molar-refractivity contribution in [2.24, 2.45) is 17.3 Å². The van der Waals surface area contributed by atoms with Crippen LogP contribution in [0, 0.1) is 28.6 Å². The zero-order valence-electron chi connectivity index (χ0n) is 10.9. The highest BCUT2D eigenvalue weighted by Crippen LogP contribution is 2.50. The maximum atomic E-state index is 8.87. The van der Waals surface area contributed by atoms with Crippen LogP contribution in [0.15, 0.2) is 0 Å². The number of likely N-dealkylation sites (tertiary alicyclic amines) is 1. The molecule has 3 atom stereocenters. The van der Waals surface area contributed by atoms with Gasteiger partial charge in [0.15, 0.2) is 0 Å². The summed E-state index contributed by atoms with van der Waals surface area (Å²) in [6.45, 7) is 9.49. The standard InChI is InChI=1S/C14H24N2/c1-11-8-12(2)13(3)16(9-11)10-14(4-5-14)6-7-15/h11-13H,4-6,8-10H2,1-3H3. The fraction of sp³-hybridized carbons (Fsp3) is 0.929. The predicted molar refractivity (Wildman–Crippen MR) is 65.9 cm³/mol. The van der Waals surface area contributed by atoms with Gasteiger partial charge in [0.2, 0.25) is 0 Å². The van der Waals surface area contributed by atoms with Crippen LogP contribution in [-0.2, 0) is 0 Å². The quantitative estimate of drug-likeness (QED) is 0.731. The minimum Gasteiger partial charge on any atom is -0.300 e. The lowest BCUT2D eigenvalue weighted by molar-refractivity contribution is 0.0608. The highest BCUT2D eigenvalue weighted by molar-refractivity contribution is 5.02. The van der Waals surface area contributed by atoms with E-state index in [4.69, 9.17) is 5.26 Å². The number of nitriles is 1. The summed E-state index contributed by atoms with van der Waals surface area (Å²) in [7, 11) is 0. The van der Waals surface area contributed by atoms with Crippen molar-refractivity contribution in [1.82, 2.24) is 4.90 Å². The molecule has 0 N–H and O–H groups in total. The maximum Gasteiger partial charge on any atom is 0.0628 e. The molecule has 2 heteroatoms. The van der Waals surface area contributed by atoms with Gasteiger partial charge in [0.1, 0.15) is 0 Å². The van der Waals surface area contributed by atoms with Gasteiger partial charge in [-0.15, -0.1) is 0 Å². The van der Waals surface area contributed by atoms with Crippen molar-refractivity contribution in [3.05, 3.63) is 0 Å². The topological polar surface area (TPSA) is 27.0 Å². The van der Waals surface area contributed by atoms with E-state index in [1.165, 1.54) is 25.8 Å². The molecule has 0 aromatic carbocycles. The maximum absolute atomic E-state index is 8.87. The second kappa shape index (κ2) is 4.37. The smallest absolute Gasteiger partial charge is 0.0628 e. The Balaban J connectivity index is 1.96. The van der Waals surface area contributed by atoms with Gasteiger partial charge < -0.3 is 0 Å². The molecule has 1 aliphatic heterocycles. The van der Waals surface area contributed by atoms with Gasteiger partial charge in [-0.3, -0.25) is 4.90 Å². The van der Waals surface area contributed by atoms with Crippen molar-refractivity contribution in [2.45, 2.75) is 52.5 Å². The molecule has 0 radical (unpaired) electrons. The van der Waals surface area contributed by atoms with Crippen LogP contribution in [0.25, 0.3) is 0 Å². The first-order valence-corrected chi connectivity index (χ1v) is 6.67. The molecule has 2 fully saturated rings. The second-order valence-corrected chi connectivity index (χ2v) is 6.32. The molecule has 0 bridgehead atoms. The third-order valence-electron chi connectivity index (χ3n) is 4.67. The van der Waals surface area contributed by atoms with Gasteiger partial charge in [-0.2, -0.15) is 5.26 Å². The van der Waals surface area contributed by atoms with E-state index >= 15 is 0 Å². The highest BCUT2D eigenvalue weighted by atomic mass is 15.2. The molecule has 0 aromatic heterocycles. The van der Waals surface area contributed by atoms with E-state index in [9.17, 15) is 0 Å². The predicted octanol–water partition coefficient (Wildman–Crippen LogP) is 3.05. The molecule has 0 aromatic rings. The average molecular weight is 220 g/mol. The van der Waals surface area contributed by atoms with Crippen LogP contribution >= 0.6 is 0 Å². The van der Waals surface area contributed by atoms with Gasteiger partial charge in [-0.05, 0) is 43.4 Å². The van der Waals surface area contributed by atoms with Crippen molar-refractivity contribution < 1.29 is 0 Å². The largest absolute Gasteiger partial charge is 0.300 e. The Labute approximate surface area is 99.6 Å². The molecule has 0 spiro atoms. The molecule has 1 heterocycles. The van der Waals surface area contributed by atoms with Crippen LogP contribution in [-0.4, -0.2) is 24.0 Å². The number of nitrogens with zero attached hydrogens (tertiary/aromatic N) is 2. The van der Waals surface area contributed by atoms with Gasteiger partial charge in [-0.25, -0.2) is 0 Å². The van der Waals surface area contributed by atoms with Crippen LogP contribution in [0.5, 0.6) is 0 Å². The van der Waals surface area contributed by atoms with Crippen LogP contribution in [0.3, 0.4) is 0 Å². The number of hydrogen-bond acceptors (Lipinski definition) is 2. The van der Waals surface area contributed by atoms with E-state index in [0.717, 1.165) is 24.8 Å². The Bertz CT molecular complexity index is 288. The Morgan fingerprint density at radius 3 is 2.56 bits per heavy atom. The lowest BCUT2D eigenvalue weighted by Gasteiger charge is -2.42. The van der Waals surface area contributed by atoms with Crippen molar-refractivity contribution in [2.75, 3.05) is 13.1 Å². The molecule has 3 unspecified atom stereocenters. The fourth-order valence-corrected chi connectivity index (χ4v) is 3.21. The van der Waals surface area contributed by atoms with Crippen molar-refractivity contribution in [3.63, 3.8) is 0 Å². The Morgan fingerprint density at radius 1 is 1.31 bits per heavy atom. The van der Waals surface area contributed by atoms with E-state index in [1.807, 2.05) is 0 Å². The first-order valence-electron chi connectivity index (χ1n) is 6.67. The van der Waals surface area contributed by atoms with Gasteiger partial charge in [0, 0.05) is 25.6 Å². The Hall–Kier alpha value is -0.550. The van der Waals surface area contributed by atoms with E-state index in [2.05, 4.69) is 31.7 Å². The molecule has 1 saturated carbocycles. The molecule has 1 aliphatic carbocycles. The minimum atomic E-state index is 0.375. The Kier molecular flexibility index (Phi) is 3.26. The summed E-state index contributed by atoms with van der Waals surface area (Å²) in [4.78, 5) is 2.64. The fourth-order valence-electron chi connectivity index (χ4n) is 3.21. The van der Waals surface area contributed by atoms with Gasteiger partial charge >= 0.3 is 0 Å². The normalized spacial score (nSPS) is 38.0. The first kappa shape index (κ1) is 11.9. The lowest BCUT2D eigenvalue weighted by atomic mass is 9.85. The number of piperidine rings is 1.